The highest BCUT2D eigenvalue weighted by atomic mass is 19.3. The number of anilines is 1. The maximum Gasteiger partial charge on any atom is 0.302 e. The van der Waals surface area contributed by atoms with E-state index >= 15 is 0 Å². The van der Waals surface area contributed by atoms with E-state index in [0.29, 0.717) is 5.69 Å². The van der Waals surface area contributed by atoms with Gasteiger partial charge in [-0.3, -0.25) is 0 Å². The molecular weight excluding hydrogens is 248 g/mol. The van der Waals surface area contributed by atoms with Crippen LogP contribution in [0.5, 0.6) is 5.75 Å². The van der Waals surface area contributed by atoms with Gasteiger partial charge in [-0.15, -0.1) is 0 Å². The number of hydrogen-bond donors (Lipinski definition) is 1. The summed E-state index contributed by atoms with van der Waals surface area (Å²) in [6.45, 7) is 1.77. The van der Waals surface area contributed by atoms with Crippen LogP contribution in [0.25, 0.3) is 0 Å². The SMILES string of the molecule is COc1ccc(C)cc1C(F)(F)c1ccc(N)cc1. The smallest absolute Gasteiger partial charge is 0.302 e. The predicted molar refractivity (Wildman–Crippen MR) is 71.6 cm³/mol. The summed E-state index contributed by atoms with van der Waals surface area (Å²) < 4.78 is 34.1. The van der Waals surface area contributed by atoms with E-state index in [1.54, 1.807) is 19.1 Å². The molecule has 0 saturated heterocycles. The van der Waals surface area contributed by atoms with Gasteiger partial charge in [-0.1, -0.05) is 23.8 Å². The first-order chi connectivity index (χ1) is 8.95. The minimum Gasteiger partial charge on any atom is -0.496 e. The number of nitrogens with two attached hydrogens (primary N) is 1. The van der Waals surface area contributed by atoms with Gasteiger partial charge >= 0.3 is 5.92 Å². The van der Waals surface area contributed by atoms with Crippen molar-refractivity contribution < 1.29 is 13.5 Å². The number of methoxy groups -OCH3 is 1. The molecule has 0 aliphatic heterocycles. The van der Waals surface area contributed by atoms with Gasteiger partial charge in [0.1, 0.15) is 5.75 Å². The van der Waals surface area contributed by atoms with Crippen LogP contribution in [0.2, 0.25) is 0 Å². The monoisotopic (exact) mass is 263 g/mol. The van der Waals surface area contributed by atoms with Gasteiger partial charge in [0.05, 0.1) is 12.7 Å². The number of halogens is 2. The summed E-state index contributed by atoms with van der Waals surface area (Å²) in [6, 6.07) is 10.3. The number of benzene rings is 2. The van der Waals surface area contributed by atoms with Gasteiger partial charge in [0.25, 0.3) is 0 Å². The Hall–Kier alpha value is -2.10. The normalized spacial score (nSPS) is 11.4. The lowest BCUT2D eigenvalue weighted by Crippen LogP contribution is -2.16. The highest BCUT2D eigenvalue weighted by Crippen LogP contribution is 2.41. The average Bonchev–Trinajstić information content (AvgIpc) is 2.39. The molecule has 0 aliphatic rings. The predicted octanol–water partition coefficient (Wildman–Crippen LogP) is 3.73. The summed E-state index contributed by atoms with van der Waals surface area (Å²) in [7, 11) is 1.38. The molecule has 2 nitrogen and oxygen atoms in total. The topological polar surface area (TPSA) is 35.2 Å². The molecule has 0 atom stereocenters. The number of nitrogen functional groups attached to an aromatic ring is 1. The Morgan fingerprint density at radius 1 is 1.05 bits per heavy atom. The molecule has 2 aromatic carbocycles. The standard InChI is InChI=1S/C15H15F2NO/c1-10-3-8-14(19-2)13(9-10)15(16,17)11-4-6-12(18)7-5-11/h3-9H,18H2,1-2H3. The van der Waals surface area contributed by atoms with E-state index in [2.05, 4.69) is 0 Å². The van der Waals surface area contributed by atoms with Gasteiger partial charge in [0.2, 0.25) is 0 Å². The molecule has 2 rings (SSSR count). The van der Waals surface area contributed by atoms with Crippen LogP contribution in [0.4, 0.5) is 14.5 Å². The average molecular weight is 263 g/mol. The number of alkyl halides is 2. The molecule has 0 bridgehead atoms. The van der Waals surface area contributed by atoms with E-state index in [-0.39, 0.29) is 16.9 Å². The van der Waals surface area contributed by atoms with E-state index in [4.69, 9.17) is 10.5 Å². The fraction of sp³-hybridized carbons (Fsp3) is 0.200. The molecule has 0 unspecified atom stereocenters. The van der Waals surface area contributed by atoms with Crippen LogP contribution in [0.1, 0.15) is 16.7 Å². The van der Waals surface area contributed by atoms with Crippen molar-refractivity contribution in [1.82, 2.24) is 0 Å². The van der Waals surface area contributed by atoms with Gasteiger partial charge < -0.3 is 10.5 Å². The van der Waals surface area contributed by atoms with Gasteiger partial charge in [0.15, 0.2) is 0 Å². The Morgan fingerprint density at radius 2 is 1.68 bits per heavy atom. The van der Waals surface area contributed by atoms with Crippen LogP contribution in [0.15, 0.2) is 42.5 Å². The summed E-state index contributed by atoms with van der Waals surface area (Å²) in [5, 5.41) is 0. The Balaban J connectivity index is 2.55. The maximum absolute atomic E-state index is 14.5. The molecule has 0 heterocycles. The van der Waals surface area contributed by atoms with Crippen molar-refractivity contribution in [3.63, 3.8) is 0 Å². The van der Waals surface area contributed by atoms with Crippen molar-refractivity contribution >= 4 is 5.69 Å². The molecule has 0 saturated carbocycles. The molecule has 100 valence electrons. The number of ether oxygens (including phenoxy) is 1. The van der Waals surface area contributed by atoms with Crippen LogP contribution >= 0.6 is 0 Å². The van der Waals surface area contributed by atoms with Crippen molar-refractivity contribution in [2.75, 3.05) is 12.8 Å². The van der Waals surface area contributed by atoms with Crippen LogP contribution in [0.3, 0.4) is 0 Å². The Kier molecular flexibility index (Phi) is 3.42. The highest BCUT2D eigenvalue weighted by molar-refractivity contribution is 5.47. The van der Waals surface area contributed by atoms with Gasteiger partial charge in [-0.2, -0.15) is 8.78 Å². The zero-order valence-corrected chi connectivity index (χ0v) is 10.8. The fourth-order valence-corrected chi connectivity index (χ4v) is 1.92. The summed E-state index contributed by atoms with van der Waals surface area (Å²) in [4.78, 5) is 0. The van der Waals surface area contributed by atoms with Gasteiger partial charge in [0, 0.05) is 11.3 Å². The van der Waals surface area contributed by atoms with E-state index in [1.807, 2.05) is 0 Å². The highest BCUT2D eigenvalue weighted by Gasteiger charge is 2.36. The first kappa shape index (κ1) is 13.3. The largest absolute Gasteiger partial charge is 0.496 e. The molecule has 2 N–H and O–H groups in total. The number of hydrogen-bond acceptors (Lipinski definition) is 2. The third-order valence-electron chi connectivity index (χ3n) is 2.97. The lowest BCUT2D eigenvalue weighted by molar-refractivity contribution is 0.0401. The summed E-state index contributed by atoms with van der Waals surface area (Å²) in [5.41, 5.74) is 6.48. The minimum atomic E-state index is -3.12. The summed E-state index contributed by atoms with van der Waals surface area (Å²) in [6.07, 6.45) is 0. The van der Waals surface area contributed by atoms with Crippen LogP contribution in [0, 0.1) is 6.92 Å². The maximum atomic E-state index is 14.5. The van der Waals surface area contributed by atoms with Crippen molar-refractivity contribution in [1.29, 1.82) is 0 Å². The molecule has 19 heavy (non-hydrogen) atoms. The molecule has 0 amide bonds. The third-order valence-corrected chi connectivity index (χ3v) is 2.97. The van der Waals surface area contributed by atoms with E-state index in [9.17, 15) is 8.78 Å². The Morgan fingerprint density at radius 3 is 2.26 bits per heavy atom. The third kappa shape index (κ3) is 2.52. The van der Waals surface area contributed by atoms with Crippen molar-refractivity contribution in [3.05, 3.63) is 59.2 Å². The van der Waals surface area contributed by atoms with Crippen LogP contribution in [-0.2, 0) is 5.92 Å². The van der Waals surface area contributed by atoms with Gasteiger partial charge in [-0.05, 0) is 31.2 Å². The zero-order valence-electron chi connectivity index (χ0n) is 10.8. The first-order valence-corrected chi connectivity index (χ1v) is 5.84. The molecule has 0 fully saturated rings. The lowest BCUT2D eigenvalue weighted by atomic mass is 9.97. The van der Waals surface area contributed by atoms with E-state index < -0.39 is 5.92 Å². The molecule has 0 aliphatic carbocycles. The zero-order chi connectivity index (χ0) is 14.0. The van der Waals surface area contributed by atoms with Crippen LogP contribution < -0.4 is 10.5 Å². The van der Waals surface area contributed by atoms with Crippen molar-refractivity contribution in [2.45, 2.75) is 12.8 Å². The summed E-state index contributed by atoms with van der Waals surface area (Å²) in [5.74, 6) is -2.95. The Labute approximate surface area is 110 Å². The van der Waals surface area contributed by atoms with Gasteiger partial charge in [-0.25, -0.2) is 0 Å². The molecule has 0 spiro atoms. The first-order valence-electron chi connectivity index (χ1n) is 5.84. The molecule has 0 radical (unpaired) electrons. The molecule has 2 aromatic rings. The van der Waals surface area contributed by atoms with Crippen molar-refractivity contribution in [2.24, 2.45) is 0 Å². The summed E-state index contributed by atoms with van der Waals surface area (Å²) >= 11 is 0. The van der Waals surface area contributed by atoms with E-state index in [1.165, 1.54) is 37.4 Å². The fourth-order valence-electron chi connectivity index (χ4n) is 1.92. The molecular formula is C15H15F2NO. The van der Waals surface area contributed by atoms with Crippen molar-refractivity contribution in [3.8, 4) is 5.75 Å². The second-order valence-corrected chi connectivity index (χ2v) is 4.40. The molecule has 4 heteroatoms. The number of rotatable bonds is 3. The second kappa shape index (κ2) is 4.88. The number of aryl methyl sites for hydroxylation is 1. The van der Waals surface area contributed by atoms with Crippen LogP contribution in [-0.4, -0.2) is 7.11 Å². The second-order valence-electron chi connectivity index (χ2n) is 4.40. The molecule has 0 aromatic heterocycles. The quantitative estimate of drug-likeness (QED) is 0.856. The lowest BCUT2D eigenvalue weighted by Gasteiger charge is -2.20. The minimum absolute atomic E-state index is 0.106. The van der Waals surface area contributed by atoms with E-state index in [0.717, 1.165) is 5.56 Å². The Bertz CT molecular complexity index is 579.